The average Bonchev–Trinajstić information content (AvgIpc) is 3.06. The number of carbonyl (C=O) groups excluding carboxylic acids is 2. The molecule has 0 radical (unpaired) electrons. The molecule has 0 fully saturated rings. The molecule has 1 atom stereocenters. The van der Waals surface area contributed by atoms with Gasteiger partial charge in [0.1, 0.15) is 12.6 Å². The van der Waals surface area contributed by atoms with Gasteiger partial charge < -0.3 is 10.2 Å². The highest BCUT2D eigenvalue weighted by atomic mass is 32.2. The zero-order valence-electron chi connectivity index (χ0n) is 27.2. The first-order chi connectivity index (χ1) is 22.1. The van der Waals surface area contributed by atoms with Gasteiger partial charge in [-0.1, -0.05) is 118 Å². The molecule has 0 spiro atoms. The quantitative estimate of drug-likeness (QED) is 0.144. The standard InChI is InChI=1S/C38H45N3O4S/c1-5-6-25-39-38(43)36(26-31-13-9-7-10-14-31)40(27-32-15-11-8-12-16-32)37(42)28-41(34-21-19-33(20-22-34)29(2)3)46(44,45)35-23-17-30(4)18-24-35/h7-24,29,36H,5-6,25-28H2,1-4H3,(H,39,43)/t36-/m1/s1. The smallest absolute Gasteiger partial charge is 0.264 e. The summed E-state index contributed by atoms with van der Waals surface area (Å²) in [5, 5.41) is 3.02. The van der Waals surface area contributed by atoms with Gasteiger partial charge in [0.15, 0.2) is 0 Å². The van der Waals surface area contributed by atoms with Gasteiger partial charge in [-0.25, -0.2) is 8.42 Å². The average molecular weight is 640 g/mol. The number of anilines is 1. The maximum absolute atomic E-state index is 14.5. The molecule has 46 heavy (non-hydrogen) atoms. The molecule has 0 aromatic heterocycles. The summed E-state index contributed by atoms with van der Waals surface area (Å²) in [6, 6.07) is 32.1. The molecule has 4 aromatic rings. The molecule has 7 nitrogen and oxygen atoms in total. The van der Waals surface area contributed by atoms with Crippen molar-refractivity contribution >= 4 is 27.5 Å². The van der Waals surface area contributed by atoms with E-state index < -0.39 is 28.5 Å². The summed E-state index contributed by atoms with van der Waals surface area (Å²) in [6.07, 6.45) is 2.01. The molecule has 8 heteroatoms. The van der Waals surface area contributed by atoms with Gasteiger partial charge in [-0.15, -0.1) is 0 Å². The molecule has 0 aliphatic carbocycles. The van der Waals surface area contributed by atoms with Crippen LogP contribution in [0.4, 0.5) is 5.69 Å². The zero-order chi connectivity index (χ0) is 33.1. The molecule has 0 saturated carbocycles. The molecule has 0 saturated heterocycles. The fourth-order valence-corrected chi connectivity index (χ4v) is 6.65. The lowest BCUT2D eigenvalue weighted by Crippen LogP contribution is -2.53. The highest BCUT2D eigenvalue weighted by Gasteiger charge is 2.34. The van der Waals surface area contributed by atoms with Crippen molar-refractivity contribution in [3.63, 3.8) is 0 Å². The van der Waals surface area contributed by atoms with E-state index in [2.05, 4.69) is 26.1 Å². The first-order valence-corrected chi connectivity index (χ1v) is 17.4. The SMILES string of the molecule is CCCCNC(=O)[C@@H](Cc1ccccc1)N(Cc1ccccc1)C(=O)CN(c1ccc(C(C)C)cc1)S(=O)(=O)c1ccc(C)cc1. The number of aryl methyl sites for hydroxylation is 1. The van der Waals surface area contributed by atoms with Crippen LogP contribution in [0.15, 0.2) is 114 Å². The first-order valence-electron chi connectivity index (χ1n) is 15.9. The number of nitrogens with one attached hydrogen (secondary N) is 1. The van der Waals surface area contributed by atoms with E-state index in [1.54, 1.807) is 36.4 Å². The van der Waals surface area contributed by atoms with Crippen LogP contribution in [0.25, 0.3) is 0 Å². The Kier molecular flexibility index (Phi) is 12.1. The molecule has 4 aromatic carbocycles. The third kappa shape index (κ3) is 9.07. The van der Waals surface area contributed by atoms with Crippen molar-refractivity contribution < 1.29 is 18.0 Å². The minimum Gasteiger partial charge on any atom is -0.354 e. The Hall–Kier alpha value is -4.43. The number of benzene rings is 4. The normalized spacial score (nSPS) is 12.0. The van der Waals surface area contributed by atoms with E-state index in [1.807, 2.05) is 79.7 Å². The van der Waals surface area contributed by atoms with Gasteiger partial charge in [-0.2, -0.15) is 0 Å². The second-order valence-electron chi connectivity index (χ2n) is 11.9. The summed E-state index contributed by atoms with van der Waals surface area (Å²) in [5.41, 5.74) is 4.10. The molecule has 0 aliphatic rings. The largest absolute Gasteiger partial charge is 0.354 e. The lowest BCUT2D eigenvalue weighted by molar-refractivity contribution is -0.140. The van der Waals surface area contributed by atoms with Gasteiger partial charge in [0.25, 0.3) is 10.0 Å². The second-order valence-corrected chi connectivity index (χ2v) is 13.8. The number of unbranched alkanes of at least 4 members (excludes halogenated alkanes) is 1. The second kappa shape index (κ2) is 16.2. The van der Waals surface area contributed by atoms with E-state index in [0.29, 0.717) is 12.2 Å². The van der Waals surface area contributed by atoms with Crippen molar-refractivity contribution in [1.82, 2.24) is 10.2 Å². The number of sulfonamides is 1. The number of hydrogen-bond acceptors (Lipinski definition) is 4. The fourth-order valence-electron chi connectivity index (χ4n) is 5.23. The predicted molar refractivity (Wildman–Crippen MR) is 185 cm³/mol. The van der Waals surface area contributed by atoms with Crippen LogP contribution in [-0.4, -0.2) is 44.3 Å². The van der Waals surface area contributed by atoms with E-state index in [0.717, 1.165) is 39.4 Å². The lowest BCUT2D eigenvalue weighted by atomic mass is 10.0. The van der Waals surface area contributed by atoms with Gasteiger partial charge in [-0.05, 0) is 60.2 Å². The minimum atomic E-state index is -4.14. The Labute approximate surface area is 274 Å². The van der Waals surface area contributed by atoms with Crippen LogP contribution >= 0.6 is 0 Å². The van der Waals surface area contributed by atoms with E-state index >= 15 is 0 Å². The highest BCUT2D eigenvalue weighted by molar-refractivity contribution is 7.92. The van der Waals surface area contributed by atoms with Gasteiger partial charge in [0, 0.05) is 19.5 Å². The van der Waals surface area contributed by atoms with E-state index in [4.69, 9.17) is 0 Å². The van der Waals surface area contributed by atoms with Crippen LogP contribution in [0.5, 0.6) is 0 Å². The van der Waals surface area contributed by atoms with Crippen molar-refractivity contribution in [3.05, 3.63) is 131 Å². The number of carbonyl (C=O) groups is 2. The van der Waals surface area contributed by atoms with Crippen molar-refractivity contribution in [2.75, 3.05) is 17.4 Å². The van der Waals surface area contributed by atoms with Crippen molar-refractivity contribution in [1.29, 1.82) is 0 Å². The Morgan fingerprint density at radius 1 is 0.783 bits per heavy atom. The Balaban J connectivity index is 1.78. The number of amides is 2. The molecule has 0 aliphatic heterocycles. The molecule has 0 unspecified atom stereocenters. The van der Waals surface area contributed by atoms with Crippen molar-refractivity contribution in [2.24, 2.45) is 0 Å². The number of rotatable bonds is 15. The van der Waals surface area contributed by atoms with Gasteiger partial charge >= 0.3 is 0 Å². The van der Waals surface area contributed by atoms with Crippen LogP contribution in [-0.2, 0) is 32.6 Å². The lowest BCUT2D eigenvalue weighted by Gasteiger charge is -2.34. The molecule has 242 valence electrons. The Morgan fingerprint density at radius 2 is 1.37 bits per heavy atom. The van der Waals surface area contributed by atoms with E-state index in [1.165, 1.54) is 4.90 Å². The van der Waals surface area contributed by atoms with Crippen LogP contribution in [0.3, 0.4) is 0 Å². The predicted octanol–water partition coefficient (Wildman–Crippen LogP) is 6.87. The highest BCUT2D eigenvalue weighted by Crippen LogP contribution is 2.27. The zero-order valence-corrected chi connectivity index (χ0v) is 28.0. The van der Waals surface area contributed by atoms with Gasteiger partial charge in [-0.3, -0.25) is 13.9 Å². The molecule has 1 N–H and O–H groups in total. The van der Waals surface area contributed by atoms with Crippen LogP contribution < -0.4 is 9.62 Å². The molecule has 0 bridgehead atoms. The van der Waals surface area contributed by atoms with Crippen LogP contribution in [0, 0.1) is 6.92 Å². The third-order valence-corrected chi connectivity index (χ3v) is 9.82. The Morgan fingerprint density at radius 3 is 1.93 bits per heavy atom. The van der Waals surface area contributed by atoms with Gasteiger partial charge in [0.2, 0.25) is 11.8 Å². The molecule has 2 amide bonds. The van der Waals surface area contributed by atoms with E-state index in [-0.39, 0.29) is 29.7 Å². The molecule has 0 heterocycles. The van der Waals surface area contributed by atoms with Crippen LogP contribution in [0.1, 0.15) is 61.8 Å². The molecular weight excluding hydrogens is 595 g/mol. The fraction of sp³-hybridized carbons (Fsp3) is 0.316. The molecule has 4 rings (SSSR count). The third-order valence-electron chi connectivity index (χ3n) is 8.03. The number of nitrogens with zero attached hydrogens (tertiary/aromatic N) is 2. The summed E-state index contributed by atoms with van der Waals surface area (Å²) in [7, 11) is -4.14. The summed E-state index contributed by atoms with van der Waals surface area (Å²) in [4.78, 5) is 30.0. The maximum atomic E-state index is 14.5. The summed E-state index contributed by atoms with van der Waals surface area (Å²) in [5.74, 6) is -0.487. The van der Waals surface area contributed by atoms with Gasteiger partial charge in [0.05, 0.1) is 10.6 Å². The maximum Gasteiger partial charge on any atom is 0.264 e. The summed E-state index contributed by atoms with van der Waals surface area (Å²) < 4.78 is 29.6. The first kappa shape index (κ1) is 34.4. The van der Waals surface area contributed by atoms with E-state index in [9.17, 15) is 18.0 Å². The Bertz CT molecular complexity index is 1660. The van der Waals surface area contributed by atoms with Crippen LogP contribution in [0.2, 0.25) is 0 Å². The number of hydrogen-bond donors (Lipinski definition) is 1. The summed E-state index contributed by atoms with van der Waals surface area (Å²) >= 11 is 0. The topological polar surface area (TPSA) is 86.8 Å². The van der Waals surface area contributed by atoms with Crippen molar-refractivity contribution in [2.45, 2.75) is 70.4 Å². The molecular formula is C38H45N3O4S. The van der Waals surface area contributed by atoms with Crippen molar-refractivity contribution in [3.8, 4) is 0 Å². The minimum absolute atomic E-state index is 0.0894. The monoisotopic (exact) mass is 639 g/mol. The summed E-state index contributed by atoms with van der Waals surface area (Å²) in [6.45, 7) is 8.24.